The van der Waals surface area contributed by atoms with Gasteiger partial charge in [0.05, 0.1) is 29.3 Å². The maximum absolute atomic E-state index is 13.9. The molecule has 8 nitrogen and oxygen atoms in total. The average molecular weight is 520 g/mol. The summed E-state index contributed by atoms with van der Waals surface area (Å²) in [5, 5.41) is 9.47. The van der Waals surface area contributed by atoms with Crippen LogP contribution in [0.2, 0.25) is 0 Å². The van der Waals surface area contributed by atoms with Crippen LogP contribution < -0.4 is 4.74 Å². The average Bonchev–Trinajstić information content (AvgIpc) is 3.72. The number of ether oxygens (including phenoxy) is 1. The molecule has 39 heavy (non-hydrogen) atoms. The Bertz CT molecular complexity index is 1790. The van der Waals surface area contributed by atoms with E-state index in [0.29, 0.717) is 12.3 Å². The molecule has 0 atom stereocenters. The first-order valence-electron chi connectivity index (χ1n) is 13.1. The van der Waals surface area contributed by atoms with Crippen molar-refractivity contribution in [3.63, 3.8) is 0 Å². The molecule has 1 aromatic carbocycles. The van der Waals surface area contributed by atoms with E-state index in [1.165, 1.54) is 25.0 Å². The third kappa shape index (κ3) is 4.61. The Morgan fingerprint density at radius 2 is 1.85 bits per heavy atom. The first kappa shape index (κ1) is 23.5. The van der Waals surface area contributed by atoms with Gasteiger partial charge in [0, 0.05) is 35.3 Å². The molecule has 2 N–H and O–H groups in total. The molecule has 0 amide bonds. The highest BCUT2D eigenvalue weighted by molar-refractivity contribution is 6.00. The molecule has 1 aliphatic heterocycles. The fourth-order valence-electron chi connectivity index (χ4n) is 5.28. The Morgan fingerprint density at radius 1 is 0.923 bits per heavy atom. The summed E-state index contributed by atoms with van der Waals surface area (Å²) in [6, 6.07) is 14.5. The zero-order valence-corrected chi connectivity index (χ0v) is 21.2. The number of aromatic amines is 2. The number of halogens is 1. The van der Waals surface area contributed by atoms with Crippen molar-refractivity contribution in [1.82, 2.24) is 35.0 Å². The van der Waals surface area contributed by atoms with Crippen LogP contribution in [0.3, 0.4) is 0 Å². The number of nitrogens with one attached hydrogen (secondary N) is 2. The summed E-state index contributed by atoms with van der Waals surface area (Å²) in [6.45, 7) is 3.86. The van der Waals surface area contributed by atoms with Crippen LogP contribution in [0.15, 0.2) is 73.3 Å². The topological polar surface area (TPSA) is 95.6 Å². The van der Waals surface area contributed by atoms with Gasteiger partial charge in [0.25, 0.3) is 0 Å². The Labute approximate surface area is 223 Å². The van der Waals surface area contributed by atoms with E-state index in [2.05, 4.69) is 35.0 Å². The fourth-order valence-corrected chi connectivity index (χ4v) is 5.28. The predicted octanol–water partition coefficient (Wildman–Crippen LogP) is 5.84. The third-order valence-corrected chi connectivity index (χ3v) is 7.25. The van der Waals surface area contributed by atoms with E-state index in [4.69, 9.17) is 4.74 Å². The minimum Gasteiger partial charge on any atom is -0.491 e. The molecule has 0 bridgehead atoms. The van der Waals surface area contributed by atoms with Crippen molar-refractivity contribution in [1.29, 1.82) is 0 Å². The summed E-state index contributed by atoms with van der Waals surface area (Å²) in [5.41, 5.74) is 6.42. The van der Waals surface area contributed by atoms with E-state index in [-0.39, 0.29) is 5.82 Å². The van der Waals surface area contributed by atoms with Gasteiger partial charge in [-0.1, -0.05) is 12.1 Å². The number of hydrogen-bond donors (Lipinski definition) is 2. The second-order valence-electron chi connectivity index (χ2n) is 9.81. The minimum atomic E-state index is -0.276. The molecule has 7 rings (SSSR count). The number of rotatable bonds is 7. The summed E-state index contributed by atoms with van der Waals surface area (Å²) >= 11 is 0. The van der Waals surface area contributed by atoms with Gasteiger partial charge in [0.1, 0.15) is 29.5 Å². The Morgan fingerprint density at radius 3 is 2.74 bits per heavy atom. The van der Waals surface area contributed by atoms with Crippen LogP contribution in [-0.4, -0.2) is 61.3 Å². The second kappa shape index (κ2) is 9.92. The normalized spacial score (nSPS) is 14.0. The van der Waals surface area contributed by atoms with Crippen molar-refractivity contribution in [2.75, 3.05) is 26.2 Å². The molecule has 194 valence electrons. The molecule has 6 aromatic rings. The van der Waals surface area contributed by atoms with Crippen molar-refractivity contribution in [3.05, 3.63) is 79.1 Å². The number of H-pyrrole nitrogens is 2. The highest BCUT2D eigenvalue weighted by atomic mass is 19.1. The van der Waals surface area contributed by atoms with Crippen LogP contribution in [0, 0.1) is 5.82 Å². The first-order chi connectivity index (χ1) is 19.2. The van der Waals surface area contributed by atoms with Gasteiger partial charge in [-0.3, -0.25) is 20.0 Å². The quantitative estimate of drug-likeness (QED) is 0.275. The molecular formula is C30H26FN7O. The van der Waals surface area contributed by atoms with Crippen LogP contribution in [0.25, 0.3) is 55.7 Å². The minimum absolute atomic E-state index is 0.276. The molecule has 0 aliphatic carbocycles. The zero-order valence-electron chi connectivity index (χ0n) is 21.2. The predicted molar refractivity (Wildman–Crippen MR) is 149 cm³/mol. The van der Waals surface area contributed by atoms with Gasteiger partial charge in [-0.15, -0.1) is 0 Å². The van der Waals surface area contributed by atoms with E-state index >= 15 is 0 Å². The fraction of sp³-hybridized carbons (Fsp3) is 0.200. The lowest BCUT2D eigenvalue weighted by molar-refractivity contribution is 0.237. The monoisotopic (exact) mass is 519 g/mol. The lowest BCUT2D eigenvalue weighted by atomic mass is 10.0. The van der Waals surface area contributed by atoms with Crippen LogP contribution in [0.1, 0.15) is 12.8 Å². The summed E-state index contributed by atoms with van der Waals surface area (Å²) in [5.74, 6) is 0.453. The number of likely N-dealkylation sites (tertiary alicyclic amines) is 1. The molecule has 9 heteroatoms. The van der Waals surface area contributed by atoms with E-state index < -0.39 is 0 Å². The van der Waals surface area contributed by atoms with Crippen LogP contribution >= 0.6 is 0 Å². The van der Waals surface area contributed by atoms with E-state index in [9.17, 15) is 4.39 Å². The van der Waals surface area contributed by atoms with Gasteiger partial charge in [-0.2, -0.15) is 5.10 Å². The number of nitrogens with zero attached hydrogens (tertiary/aromatic N) is 5. The summed E-state index contributed by atoms with van der Waals surface area (Å²) < 4.78 is 19.9. The summed E-state index contributed by atoms with van der Waals surface area (Å²) in [7, 11) is 0. The van der Waals surface area contributed by atoms with Gasteiger partial charge in [-0.25, -0.2) is 9.37 Å². The molecule has 0 radical (unpaired) electrons. The molecule has 0 unspecified atom stereocenters. The van der Waals surface area contributed by atoms with Crippen LogP contribution in [-0.2, 0) is 0 Å². The maximum Gasteiger partial charge on any atom is 0.138 e. The lowest BCUT2D eigenvalue weighted by Crippen LogP contribution is -2.25. The molecular weight excluding hydrogens is 493 g/mol. The molecule has 6 heterocycles. The van der Waals surface area contributed by atoms with E-state index in [1.807, 2.05) is 30.3 Å². The van der Waals surface area contributed by atoms with E-state index in [1.54, 1.807) is 30.9 Å². The van der Waals surface area contributed by atoms with Crippen molar-refractivity contribution in [2.24, 2.45) is 0 Å². The molecule has 1 fully saturated rings. The number of benzene rings is 1. The number of fused-ring (bicyclic) bond motifs is 2. The largest absolute Gasteiger partial charge is 0.491 e. The molecule has 0 saturated carbocycles. The van der Waals surface area contributed by atoms with E-state index in [0.717, 1.165) is 75.4 Å². The van der Waals surface area contributed by atoms with Gasteiger partial charge in [0.15, 0.2) is 0 Å². The van der Waals surface area contributed by atoms with Crippen molar-refractivity contribution in [2.45, 2.75) is 12.8 Å². The van der Waals surface area contributed by atoms with Gasteiger partial charge >= 0.3 is 0 Å². The smallest absolute Gasteiger partial charge is 0.138 e. The molecule has 0 spiro atoms. The number of hydrogen-bond acceptors (Lipinski definition) is 6. The molecule has 1 saturated heterocycles. The van der Waals surface area contributed by atoms with Gasteiger partial charge in [0.2, 0.25) is 0 Å². The Hall–Kier alpha value is -4.63. The molecule has 1 aliphatic rings. The third-order valence-electron chi connectivity index (χ3n) is 7.25. The number of aromatic nitrogens is 6. The Balaban J connectivity index is 1.20. The SMILES string of the molecule is Fc1cccc(-c2ccnc3[nH]c(-c4n[nH]c5cnc(-c6cncc(OCCN7CCCC7)c6)cc45)cc23)c1. The lowest BCUT2D eigenvalue weighted by Gasteiger charge is -2.15. The summed E-state index contributed by atoms with van der Waals surface area (Å²) in [6.07, 6.45) is 9.57. The van der Waals surface area contributed by atoms with Crippen LogP contribution in [0.5, 0.6) is 5.75 Å². The first-order valence-corrected chi connectivity index (χ1v) is 13.1. The summed E-state index contributed by atoms with van der Waals surface area (Å²) in [4.78, 5) is 19.3. The number of pyridine rings is 3. The molecule has 5 aromatic heterocycles. The van der Waals surface area contributed by atoms with Gasteiger partial charge < -0.3 is 9.72 Å². The van der Waals surface area contributed by atoms with Crippen molar-refractivity contribution < 1.29 is 9.13 Å². The zero-order chi connectivity index (χ0) is 26.2. The van der Waals surface area contributed by atoms with Crippen molar-refractivity contribution >= 4 is 21.9 Å². The highest BCUT2D eigenvalue weighted by Crippen LogP contribution is 2.34. The second-order valence-corrected chi connectivity index (χ2v) is 9.81. The highest BCUT2D eigenvalue weighted by Gasteiger charge is 2.16. The van der Waals surface area contributed by atoms with Gasteiger partial charge in [-0.05, 0) is 73.5 Å². The van der Waals surface area contributed by atoms with Crippen molar-refractivity contribution in [3.8, 4) is 39.5 Å². The Kier molecular flexibility index (Phi) is 5.97. The van der Waals surface area contributed by atoms with Crippen LogP contribution in [0.4, 0.5) is 4.39 Å². The maximum atomic E-state index is 13.9. The standard InChI is InChI=1S/C30H26FN7O/c31-21-5-3-4-19(12-21)23-6-7-33-30-24(23)14-27(35-30)29-25-15-26(34-18-28(25)36-37-29)20-13-22(17-32-16-20)39-11-10-38-8-1-2-9-38/h3-7,12-18H,1-2,8-11H2,(H,33,35)(H,36,37).